The maximum atomic E-state index is 6.26. The van der Waals surface area contributed by atoms with Gasteiger partial charge in [-0.3, -0.25) is 0 Å². The fourth-order valence-electron chi connectivity index (χ4n) is 3.23. The molecule has 3 heteroatoms. The fraction of sp³-hybridized carbons (Fsp3) is 0.471. The molecule has 0 spiro atoms. The average Bonchev–Trinajstić information content (AvgIpc) is 2.78. The van der Waals surface area contributed by atoms with Crippen LogP contribution in [0.2, 0.25) is 0 Å². The van der Waals surface area contributed by atoms with Crippen LogP contribution in [0.15, 0.2) is 30.3 Å². The monoisotopic (exact) mass is 269 g/mol. The number of imidazole rings is 1. The first-order valence-electron chi connectivity index (χ1n) is 7.62. The van der Waals surface area contributed by atoms with Gasteiger partial charge in [0.05, 0.1) is 5.69 Å². The van der Waals surface area contributed by atoms with Crippen molar-refractivity contribution in [1.29, 1.82) is 0 Å². The Morgan fingerprint density at radius 2 is 1.85 bits per heavy atom. The quantitative estimate of drug-likeness (QED) is 0.921. The molecule has 1 aliphatic carbocycles. The Labute approximate surface area is 120 Å². The van der Waals surface area contributed by atoms with E-state index in [1.807, 2.05) is 29.8 Å². The van der Waals surface area contributed by atoms with Gasteiger partial charge in [-0.25, -0.2) is 4.98 Å². The van der Waals surface area contributed by atoms with Crippen molar-refractivity contribution in [3.8, 4) is 11.4 Å². The zero-order valence-electron chi connectivity index (χ0n) is 12.2. The molecule has 1 saturated carbocycles. The molecule has 2 N–H and O–H groups in total. The van der Waals surface area contributed by atoms with Gasteiger partial charge in [0.15, 0.2) is 0 Å². The van der Waals surface area contributed by atoms with E-state index in [-0.39, 0.29) is 0 Å². The molecule has 0 bridgehead atoms. The largest absolute Gasteiger partial charge is 0.384 e. The van der Waals surface area contributed by atoms with Gasteiger partial charge in [-0.05, 0) is 12.3 Å². The summed E-state index contributed by atoms with van der Waals surface area (Å²) >= 11 is 0. The molecule has 106 valence electrons. The van der Waals surface area contributed by atoms with Crippen molar-refractivity contribution in [3.63, 3.8) is 0 Å². The summed E-state index contributed by atoms with van der Waals surface area (Å²) in [6.07, 6.45) is 7.81. The number of nitrogens with zero attached hydrogens (tertiary/aromatic N) is 2. The van der Waals surface area contributed by atoms with Crippen molar-refractivity contribution in [1.82, 2.24) is 9.55 Å². The second-order valence-electron chi connectivity index (χ2n) is 5.90. The summed E-state index contributed by atoms with van der Waals surface area (Å²) < 4.78 is 2.02. The van der Waals surface area contributed by atoms with Gasteiger partial charge >= 0.3 is 0 Å². The number of nitrogens with two attached hydrogens (primary N) is 1. The van der Waals surface area contributed by atoms with Crippen molar-refractivity contribution in [3.05, 3.63) is 36.0 Å². The van der Waals surface area contributed by atoms with Crippen molar-refractivity contribution >= 4 is 5.82 Å². The number of aromatic nitrogens is 2. The molecular weight excluding hydrogens is 246 g/mol. The topological polar surface area (TPSA) is 43.8 Å². The normalized spacial score (nSPS) is 16.4. The number of hydrogen-bond acceptors (Lipinski definition) is 2. The van der Waals surface area contributed by atoms with Gasteiger partial charge in [-0.15, -0.1) is 0 Å². The van der Waals surface area contributed by atoms with E-state index in [2.05, 4.69) is 12.1 Å². The first-order valence-corrected chi connectivity index (χ1v) is 7.62. The van der Waals surface area contributed by atoms with Crippen molar-refractivity contribution in [2.45, 2.75) is 38.5 Å². The van der Waals surface area contributed by atoms with E-state index >= 15 is 0 Å². The van der Waals surface area contributed by atoms with E-state index in [1.54, 1.807) is 0 Å². The molecule has 0 aliphatic heterocycles. The van der Waals surface area contributed by atoms with Crippen LogP contribution in [0, 0.1) is 5.92 Å². The highest BCUT2D eigenvalue weighted by Gasteiger charge is 2.19. The van der Waals surface area contributed by atoms with Gasteiger partial charge in [-0.2, -0.15) is 0 Å². The maximum Gasteiger partial charge on any atom is 0.141 e. The minimum absolute atomic E-state index is 0.768. The van der Waals surface area contributed by atoms with E-state index < -0.39 is 0 Å². The number of nitrogen functional groups attached to an aromatic ring is 1. The third-order valence-corrected chi connectivity index (χ3v) is 4.45. The van der Waals surface area contributed by atoms with Crippen LogP contribution in [0.1, 0.15) is 37.8 Å². The highest BCUT2D eigenvalue weighted by molar-refractivity contribution is 5.60. The van der Waals surface area contributed by atoms with E-state index in [1.165, 1.54) is 32.1 Å². The SMILES string of the molecule is Cn1c(-c2ccccc2)nc(CC2CCCCC2)c1N. The third-order valence-electron chi connectivity index (χ3n) is 4.45. The van der Waals surface area contributed by atoms with E-state index in [9.17, 15) is 0 Å². The second-order valence-corrected chi connectivity index (χ2v) is 5.90. The van der Waals surface area contributed by atoms with Crippen molar-refractivity contribution < 1.29 is 0 Å². The lowest BCUT2D eigenvalue weighted by atomic mass is 9.86. The smallest absolute Gasteiger partial charge is 0.141 e. The number of anilines is 1. The number of rotatable bonds is 3. The lowest BCUT2D eigenvalue weighted by molar-refractivity contribution is 0.355. The summed E-state index contributed by atoms with van der Waals surface area (Å²) in [6, 6.07) is 10.3. The molecule has 1 aromatic carbocycles. The first-order chi connectivity index (χ1) is 9.75. The zero-order valence-corrected chi connectivity index (χ0v) is 12.2. The predicted octanol–water partition coefficient (Wildman–Crippen LogP) is 3.79. The van der Waals surface area contributed by atoms with Gasteiger partial charge < -0.3 is 10.3 Å². The third kappa shape index (κ3) is 2.58. The Bertz CT molecular complexity index is 565. The molecule has 1 fully saturated rings. The van der Waals surface area contributed by atoms with Crippen LogP contribution in [0.3, 0.4) is 0 Å². The van der Waals surface area contributed by atoms with Gasteiger partial charge in [0.1, 0.15) is 11.6 Å². The molecule has 0 saturated heterocycles. The van der Waals surface area contributed by atoms with Crippen LogP contribution in [0.5, 0.6) is 0 Å². The van der Waals surface area contributed by atoms with Crippen molar-refractivity contribution in [2.24, 2.45) is 13.0 Å². The van der Waals surface area contributed by atoms with Gasteiger partial charge in [-0.1, -0.05) is 62.4 Å². The van der Waals surface area contributed by atoms with Crippen LogP contribution in [0.4, 0.5) is 5.82 Å². The van der Waals surface area contributed by atoms with Gasteiger partial charge in [0, 0.05) is 12.6 Å². The highest BCUT2D eigenvalue weighted by atomic mass is 15.1. The molecule has 0 radical (unpaired) electrons. The number of benzene rings is 1. The summed E-state index contributed by atoms with van der Waals surface area (Å²) in [7, 11) is 2.01. The average molecular weight is 269 g/mol. The first kappa shape index (κ1) is 13.2. The zero-order chi connectivity index (χ0) is 13.9. The maximum absolute atomic E-state index is 6.26. The molecule has 1 heterocycles. The Morgan fingerprint density at radius 1 is 1.15 bits per heavy atom. The standard InChI is InChI=1S/C17H23N3/c1-20-16(18)15(12-13-8-4-2-5-9-13)19-17(20)14-10-6-3-7-11-14/h3,6-7,10-11,13H,2,4-5,8-9,12,18H2,1H3. The van der Waals surface area contributed by atoms with Gasteiger partial charge in [0.2, 0.25) is 0 Å². The van der Waals surface area contributed by atoms with Crippen LogP contribution in [-0.4, -0.2) is 9.55 Å². The van der Waals surface area contributed by atoms with Crippen LogP contribution >= 0.6 is 0 Å². The summed E-state index contributed by atoms with van der Waals surface area (Å²) in [6.45, 7) is 0. The minimum atomic E-state index is 0.768. The lowest BCUT2D eigenvalue weighted by Crippen LogP contribution is -2.11. The van der Waals surface area contributed by atoms with E-state index in [4.69, 9.17) is 10.7 Å². The second kappa shape index (κ2) is 5.70. The highest BCUT2D eigenvalue weighted by Crippen LogP contribution is 2.30. The molecule has 20 heavy (non-hydrogen) atoms. The van der Waals surface area contributed by atoms with E-state index in [0.717, 1.165) is 35.2 Å². The summed E-state index contributed by atoms with van der Waals surface area (Å²) in [5, 5.41) is 0. The molecule has 0 unspecified atom stereocenters. The summed E-state index contributed by atoms with van der Waals surface area (Å²) in [5.41, 5.74) is 8.48. The molecular formula is C17H23N3. The lowest BCUT2D eigenvalue weighted by Gasteiger charge is -2.20. The number of hydrogen-bond donors (Lipinski definition) is 1. The predicted molar refractivity (Wildman–Crippen MR) is 83.3 cm³/mol. The van der Waals surface area contributed by atoms with Crippen LogP contribution in [0.25, 0.3) is 11.4 Å². The van der Waals surface area contributed by atoms with Gasteiger partial charge in [0.25, 0.3) is 0 Å². The molecule has 0 atom stereocenters. The summed E-state index contributed by atoms with van der Waals surface area (Å²) in [4.78, 5) is 4.81. The van der Waals surface area contributed by atoms with Crippen molar-refractivity contribution in [2.75, 3.05) is 5.73 Å². The minimum Gasteiger partial charge on any atom is -0.384 e. The van der Waals surface area contributed by atoms with Crippen LogP contribution in [-0.2, 0) is 13.5 Å². The molecule has 3 nitrogen and oxygen atoms in total. The fourth-order valence-corrected chi connectivity index (χ4v) is 3.23. The Morgan fingerprint density at radius 3 is 2.55 bits per heavy atom. The Balaban J connectivity index is 1.85. The molecule has 2 aromatic rings. The Kier molecular flexibility index (Phi) is 3.77. The molecule has 3 rings (SSSR count). The summed E-state index contributed by atoms with van der Waals surface area (Å²) in [5.74, 6) is 2.58. The van der Waals surface area contributed by atoms with E-state index in [0.29, 0.717) is 0 Å². The Hall–Kier alpha value is -1.77. The van der Waals surface area contributed by atoms with Crippen LogP contribution < -0.4 is 5.73 Å². The molecule has 1 aromatic heterocycles. The molecule has 1 aliphatic rings. The molecule has 0 amide bonds.